The molecule has 0 aromatic carbocycles. The molecule has 5 heteroatoms. The molecule has 0 unspecified atom stereocenters. The molecule has 112 valence electrons. The molecule has 1 aliphatic rings. The number of halogens is 1. The van der Waals surface area contributed by atoms with E-state index in [0.29, 0.717) is 24.4 Å². The van der Waals surface area contributed by atoms with Crippen LogP contribution < -0.4 is 11.2 Å². The van der Waals surface area contributed by atoms with E-state index in [2.05, 4.69) is 32.7 Å². The summed E-state index contributed by atoms with van der Waals surface area (Å²) in [5, 5.41) is 0.187. The second-order valence-electron chi connectivity index (χ2n) is 6.88. The van der Waals surface area contributed by atoms with Gasteiger partial charge in [0.15, 0.2) is 0 Å². The molecule has 1 aliphatic carbocycles. The van der Waals surface area contributed by atoms with Gasteiger partial charge in [-0.15, -0.1) is 0 Å². The molecule has 0 radical (unpaired) electrons. The van der Waals surface area contributed by atoms with Crippen molar-refractivity contribution in [2.75, 3.05) is 0 Å². The average molecular weight is 299 g/mol. The first-order chi connectivity index (χ1) is 9.14. The van der Waals surface area contributed by atoms with E-state index in [1.54, 1.807) is 0 Å². The van der Waals surface area contributed by atoms with Crippen LogP contribution in [0, 0.1) is 16.7 Å². The Labute approximate surface area is 124 Å². The zero-order chi connectivity index (χ0) is 15.3. The van der Waals surface area contributed by atoms with Gasteiger partial charge in [-0.1, -0.05) is 52.6 Å². The standard InChI is InChI=1S/C15H23ClN2O2/c1-6-7-9-11(16)17-13(20)18(12(9)19)8-10-14(2,3)15(10,4)5/h10H,6-8H2,1-5H3,(H,17,20). The number of hydrogen-bond donors (Lipinski definition) is 1. The van der Waals surface area contributed by atoms with Crippen molar-refractivity contribution in [1.29, 1.82) is 0 Å². The molecule has 0 saturated heterocycles. The second-order valence-corrected chi connectivity index (χ2v) is 7.26. The molecule has 1 aromatic heterocycles. The lowest BCUT2D eigenvalue weighted by Crippen LogP contribution is -2.38. The maximum Gasteiger partial charge on any atom is 0.329 e. The lowest BCUT2D eigenvalue weighted by atomic mass is 10.0. The molecule has 1 aromatic rings. The van der Waals surface area contributed by atoms with E-state index < -0.39 is 5.69 Å². The van der Waals surface area contributed by atoms with E-state index in [1.807, 2.05) is 6.92 Å². The maximum absolute atomic E-state index is 12.4. The minimum absolute atomic E-state index is 0.142. The minimum Gasteiger partial charge on any atom is -0.297 e. The molecule has 1 saturated carbocycles. The molecular formula is C15H23ClN2O2. The summed E-state index contributed by atoms with van der Waals surface area (Å²) in [6.07, 6.45) is 1.41. The second kappa shape index (κ2) is 4.76. The van der Waals surface area contributed by atoms with Crippen molar-refractivity contribution >= 4 is 11.6 Å². The van der Waals surface area contributed by atoms with Crippen molar-refractivity contribution < 1.29 is 0 Å². The molecule has 0 amide bonds. The van der Waals surface area contributed by atoms with Crippen LogP contribution in [0.2, 0.25) is 5.15 Å². The van der Waals surface area contributed by atoms with Gasteiger partial charge in [-0.05, 0) is 23.2 Å². The third kappa shape index (κ3) is 2.14. The van der Waals surface area contributed by atoms with Crippen LogP contribution in [0.4, 0.5) is 0 Å². The number of nitrogens with zero attached hydrogens (tertiary/aromatic N) is 1. The third-order valence-corrected chi connectivity index (χ3v) is 5.74. The number of aromatic amines is 1. The molecule has 4 nitrogen and oxygen atoms in total. The summed E-state index contributed by atoms with van der Waals surface area (Å²) in [5.74, 6) is 0.324. The first kappa shape index (κ1) is 15.4. The van der Waals surface area contributed by atoms with Gasteiger partial charge in [0, 0.05) is 6.54 Å². The fraction of sp³-hybridized carbons (Fsp3) is 0.733. The molecule has 0 aliphatic heterocycles. The van der Waals surface area contributed by atoms with E-state index in [9.17, 15) is 9.59 Å². The fourth-order valence-corrected chi connectivity index (χ4v) is 3.45. The Bertz CT molecular complexity index is 626. The molecule has 1 N–H and O–H groups in total. The Hall–Kier alpha value is -1.03. The van der Waals surface area contributed by atoms with Crippen LogP contribution in [0.3, 0.4) is 0 Å². The van der Waals surface area contributed by atoms with Crippen LogP contribution in [0.15, 0.2) is 9.59 Å². The number of nitrogens with one attached hydrogen (secondary N) is 1. The zero-order valence-electron chi connectivity index (χ0n) is 12.8. The summed E-state index contributed by atoms with van der Waals surface area (Å²) in [6, 6.07) is 0. The van der Waals surface area contributed by atoms with Crippen molar-refractivity contribution in [2.45, 2.75) is 54.0 Å². The fourth-order valence-electron chi connectivity index (χ4n) is 3.19. The Morgan fingerprint density at radius 1 is 1.20 bits per heavy atom. The van der Waals surface area contributed by atoms with E-state index in [-0.39, 0.29) is 21.5 Å². The topological polar surface area (TPSA) is 54.9 Å². The molecule has 0 spiro atoms. The zero-order valence-corrected chi connectivity index (χ0v) is 13.6. The lowest BCUT2D eigenvalue weighted by Gasteiger charge is -2.09. The summed E-state index contributed by atoms with van der Waals surface area (Å²) >= 11 is 5.98. The van der Waals surface area contributed by atoms with Crippen molar-refractivity contribution in [2.24, 2.45) is 16.7 Å². The molecule has 20 heavy (non-hydrogen) atoms. The SMILES string of the molecule is CCCc1c(Cl)[nH]c(=O)n(CC2C(C)(C)C2(C)C)c1=O. The van der Waals surface area contributed by atoms with E-state index in [1.165, 1.54) is 4.57 Å². The molecular weight excluding hydrogens is 276 g/mol. The maximum atomic E-state index is 12.4. The monoisotopic (exact) mass is 298 g/mol. The van der Waals surface area contributed by atoms with E-state index >= 15 is 0 Å². The summed E-state index contributed by atoms with van der Waals surface area (Å²) in [6.45, 7) is 11.2. The van der Waals surface area contributed by atoms with Gasteiger partial charge in [0.25, 0.3) is 5.56 Å². The van der Waals surface area contributed by atoms with Crippen molar-refractivity contribution in [3.8, 4) is 0 Å². The van der Waals surface area contributed by atoms with Gasteiger partial charge in [0.2, 0.25) is 0 Å². The molecule has 1 fully saturated rings. The normalized spacial score (nSPS) is 20.1. The van der Waals surface area contributed by atoms with Crippen LogP contribution in [-0.4, -0.2) is 9.55 Å². The summed E-state index contributed by atoms with van der Waals surface area (Å²) in [4.78, 5) is 27.1. The highest BCUT2D eigenvalue weighted by atomic mass is 35.5. The quantitative estimate of drug-likeness (QED) is 0.869. The first-order valence-electron chi connectivity index (χ1n) is 7.16. The van der Waals surface area contributed by atoms with Crippen LogP contribution in [0.25, 0.3) is 0 Å². The smallest absolute Gasteiger partial charge is 0.297 e. The van der Waals surface area contributed by atoms with Gasteiger partial charge in [0.1, 0.15) is 5.15 Å². The van der Waals surface area contributed by atoms with Gasteiger partial charge >= 0.3 is 5.69 Å². The van der Waals surface area contributed by atoms with E-state index in [4.69, 9.17) is 11.6 Å². The van der Waals surface area contributed by atoms with Crippen molar-refractivity contribution in [1.82, 2.24) is 9.55 Å². The average Bonchev–Trinajstić information content (AvgIpc) is 2.71. The molecule has 0 atom stereocenters. The Morgan fingerprint density at radius 3 is 2.20 bits per heavy atom. The number of H-pyrrole nitrogens is 1. The predicted molar refractivity (Wildman–Crippen MR) is 81.4 cm³/mol. The van der Waals surface area contributed by atoms with Crippen LogP contribution in [0.5, 0.6) is 0 Å². The van der Waals surface area contributed by atoms with Gasteiger partial charge in [-0.3, -0.25) is 14.3 Å². The van der Waals surface area contributed by atoms with Gasteiger partial charge < -0.3 is 0 Å². The number of hydrogen-bond acceptors (Lipinski definition) is 2. The summed E-state index contributed by atoms with van der Waals surface area (Å²) in [7, 11) is 0. The molecule has 1 heterocycles. The largest absolute Gasteiger partial charge is 0.329 e. The van der Waals surface area contributed by atoms with Gasteiger partial charge in [-0.25, -0.2) is 4.79 Å². The Kier molecular flexibility index (Phi) is 3.66. The van der Waals surface area contributed by atoms with Crippen molar-refractivity contribution in [3.05, 3.63) is 31.6 Å². The summed E-state index contributed by atoms with van der Waals surface area (Å²) < 4.78 is 1.32. The molecule has 2 rings (SSSR count). The van der Waals surface area contributed by atoms with Crippen LogP contribution in [0.1, 0.15) is 46.6 Å². The lowest BCUT2D eigenvalue weighted by molar-refractivity contribution is 0.457. The molecule has 0 bridgehead atoms. The highest BCUT2D eigenvalue weighted by Crippen LogP contribution is 2.68. The third-order valence-electron chi connectivity index (χ3n) is 5.41. The Morgan fingerprint density at radius 2 is 1.75 bits per heavy atom. The highest BCUT2D eigenvalue weighted by Gasteiger charge is 2.64. The Balaban J connectivity index is 2.42. The number of aromatic nitrogens is 2. The van der Waals surface area contributed by atoms with Crippen LogP contribution >= 0.6 is 11.6 Å². The van der Waals surface area contributed by atoms with Crippen molar-refractivity contribution in [3.63, 3.8) is 0 Å². The van der Waals surface area contributed by atoms with Gasteiger partial charge in [-0.2, -0.15) is 0 Å². The van der Waals surface area contributed by atoms with Crippen LogP contribution in [-0.2, 0) is 13.0 Å². The first-order valence-corrected chi connectivity index (χ1v) is 7.53. The van der Waals surface area contributed by atoms with E-state index in [0.717, 1.165) is 6.42 Å². The number of rotatable bonds is 4. The van der Waals surface area contributed by atoms with Gasteiger partial charge in [0.05, 0.1) is 5.56 Å². The summed E-state index contributed by atoms with van der Waals surface area (Å²) in [5.41, 5.74) is 0.162. The minimum atomic E-state index is -0.404. The predicted octanol–water partition coefficient (Wildman–Crippen LogP) is 2.82. The highest BCUT2D eigenvalue weighted by molar-refractivity contribution is 6.30.